The smallest absolute Gasteiger partial charge is 0.335 e. The topological polar surface area (TPSA) is 116 Å². The molecule has 0 unspecified atom stereocenters. The van der Waals surface area contributed by atoms with Crippen LogP contribution < -0.4 is 10.0 Å². The van der Waals surface area contributed by atoms with Crippen molar-refractivity contribution in [1.82, 2.24) is 10.0 Å². The summed E-state index contributed by atoms with van der Waals surface area (Å²) in [5.41, 5.74) is 2.22. The van der Waals surface area contributed by atoms with Crippen LogP contribution in [0.15, 0.2) is 71.6 Å². The van der Waals surface area contributed by atoms with Gasteiger partial charge in [-0.25, -0.2) is 26.7 Å². The molecule has 3 rings (SSSR count). The van der Waals surface area contributed by atoms with E-state index in [0.29, 0.717) is 12.6 Å². The number of rotatable bonds is 12. The third-order valence-electron chi connectivity index (χ3n) is 5.64. The van der Waals surface area contributed by atoms with Gasteiger partial charge in [0.25, 0.3) is 0 Å². The number of hydrogen-bond acceptors (Lipinski definition) is 5. The number of aromatic carboxylic acids is 1. The predicted octanol–water partition coefficient (Wildman–Crippen LogP) is 3.27. The summed E-state index contributed by atoms with van der Waals surface area (Å²) in [6, 6.07) is 14.2. The van der Waals surface area contributed by atoms with E-state index >= 15 is 0 Å². The number of sulfonamides is 1. The molecule has 10 heteroatoms. The fourth-order valence-corrected chi connectivity index (χ4v) is 5.02. The molecule has 4 N–H and O–H groups in total. The predicted molar refractivity (Wildman–Crippen MR) is 131 cm³/mol. The number of carboxylic acid groups (broad SMARTS) is 1. The number of aryl methyl sites for hydroxylation is 1. The minimum absolute atomic E-state index is 0.000705. The number of hydrogen-bond donors (Lipinski definition) is 4. The minimum Gasteiger partial charge on any atom is -0.478 e. The van der Waals surface area contributed by atoms with Gasteiger partial charge in [0.2, 0.25) is 10.0 Å². The average Bonchev–Trinajstić information content (AvgIpc) is 2.83. The van der Waals surface area contributed by atoms with Crippen molar-refractivity contribution in [2.45, 2.75) is 43.4 Å². The Balaban J connectivity index is 1.78. The van der Waals surface area contributed by atoms with Gasteiger partial charge in [-0.2, -0.15) is 0 Å². The highest BCUT2D eigenvalue weighted by atomic mass is 32.2. The monoisotopic (exact) mass is 518 g/mol. The van der Waals surface area contributed by atoms with Crippen molar-refractivity contribution >= 4 is 16.0 Å². The third-order valence-corrected chi connectivity index (χ3v) is 7.15. The van der Waals surface area contributed by atoms with Crippen LogP contribution in [-0.4, -0.2) is 43.3 Å². The van der Waals surface area contributed by atoms with Gasteiger partial charge < -0.3 is 15.5 Å². The zero-order chi connectivity index (χ0) is 26.3. The molecule has 3 aromatic rings. The molecule has 0 radical (unpaired) electrons. The largest absolute Gasteiger partial charge is 0.478 e. The van der Waals surface area contributed by atoms with Crippen LogP contribution in [0.4, 0.5) is 8.78 Å². The maximum atomic E-state index is 13.7. The van der Waals surface area contributed by atoms with E-state index in [0.717, 1.165) is 53.9 Å². The Hall–Kier alpha value is -3.18. The van der Waals surface area contributed by atoms with E-state index in [2.05, 4.69) is 10.0 Å². The van der Waals surface area contributed by atoms with Gasteiger partial charge in [0.15, 0.2) is 0 Å². The third kappa shape index (κ3) is 7.66. The summed E-state index contributed by atoms with van der Waals surface area (Å²) in [4.78, 5) is 10.9. The lowest BCUT2D eigenvalue weighted by Gasteiger charge is -2.25. The first kappa shape index (κ1) is 27.4. The van der Waals surface area contributed by atoms with Gasteiger partial charge in [-0.05, 0) is 65.9 Å². The highest BCUT2D eigenvalue weighted by Crippen LogP contribution is 2.16. The minimum atomic E-state index is -4.19. The van der Waals surface area contributed by atoms with Crippen molar-refractivity contribution in [2.75, 3.05) is 6.54 Å². The van der Waals surface area contributed by atoms with Gasteiger partial charge in [-0.15, -0.1) is 0 Å². The second-order valence-electron chi connectivity index (χ2n) is 8.41. The molecule has 36 heavy (non-hydrogen) atoms. The van der Waals surface area contributed by atoms with E-state index in [-0.39, 0.29) is 29.0 Å². The summed E-state index contributed by atoms with van der Waals surface area (Å²) in [5, 5.41) is 23.0. The van der Waals surface area contributed by atoms with Crippen LogP contribution in [0.25, 0.3) is 0 Å². The molecule has 0 amide bonds. The lowest BCUT2D eigenvalue weighted by molar-refractivity contribution is 0.0696. The Morgan fingerprint density at radius 1 is 0.944 bits per heavy atom. The van der Waals surface area contributed by atoms with E-state index in [4.69, 9.17) is 5.11 Å². The molecule has 0 fully saturated rings. The lowest BCUT2D eigenvalue weighted by Crippen LogP contribution is -2.48. The van der Waals surface area contributed by atoms with Crippen molar-refractivity contribution in [2.24, 2.45) is 0 Å². The molecule has 0 saturated heterocycles. The van der Waals surface area contributed by atoms with Gasteiger partial charge in [0, 0.05) is 19.2 Å². The van der Waals surface area contributed by atoms with E-state index < -0.39 is 39.8 Å². The van der Waals surface area contributed by atoms with Crippen LogP contribution >= 0.6 is 0 Å². The number of benzene rings is 3. The Morgan fingerprint density at radius 3 is 2.19 bits per heavy atom. The average molecular weight is 519 g/mol. The zero-order valence-electron chi connectivity index (χ0n) is 19.6. The Labute approximate surface area is 208 Å². The molecule has 0 bridgehead atoms. The zero-order valence-corrected chi connectivity index (χ0v) is 20.4. The number of carbonyl (C=O) groups is 1. The molecule has 0 aliphatic heterocycles. The maximum Gasteiger partial charge on any atom is 0.335 e. The summed E-state index contributed by atoms with van der Waals surface area (Å²) < 4.78 is 55.8. The van der Waals surface area contributed by atoms with Crippen LogP contribution in [0, 0.1) is 11.6 Å². The second-order valence-corrected chi connectivity index (χ2v) is 10.1. The number of carboxylic acids is 1. The van der Waals surface area contributed by atoms with Gasteiger partial charge in [-0.3, -0.25) is 0 Å². The molecule has 0 aromatic heterocycles. The standard InChI is InChI=1S/C26H28F2N2O5S/c1-2-17-4-3-5-18(10-17)15-29-16-25(31)24(13-19-11-21(27)14-22(28)12-19)30-36(34,35)23-8-6-20(7-9-23)26(32)33/h3-12,14,24-25,29-31H,2,13,15-16H2,1H3,(H,32,33)/t24-,25+/m0/s1. The number of halogens is 2. The molecule has 0 heterocycles. The van der Waals surface area contributed by atoms with Crippen molar-refractivity contribution in [3.05, 3.63) is 101 Å². The molecule has 0 aliphatic rings. The maximum absolute atomic E-state index is 13.7. The Kier molecular flexibility index (Phi) is 9.27. The van der Waals surface area contributed by atoms with E-state index in [1.807, 2.05) is 31.2 Å². The molecule has 192 valence electrons. The lowest BCUT2D eigenvalue weighted by atomic mass is 10.0. The first-order valence-electron chi connectivity index (χ1n) is 11.3. The van der Waals surface area contributed by atoms with Crippen molar-refractivity contribution in [1.29, 1.82) is 0 Å². The molecule has 3 aromatic carbocycles. The number of nitrogens with one attached hydrogen (secondary N) is 2. The molecule has 0 spiro atoms. The van der Waals surface area contributed by atoms with Crippen molar-refractivity contribution < 1.29 is 32.2 Å². The fourth-order valence-electron chi connectivity index (χ4n) is 3.75. The van der Waals surface area contributed by atoms with Crippen molar-refractivity contribution in [3.63, 3.8) is 0 Å². The van der Waals surface area contributed by atoms with E-state index in [1.165, 1.54) is 0 Å². The van der Waals surface area contributed by atoms with E-state index in [1.54, 1.807) is 0 Å². The SMILES string of the molecule is CCc1cccc(CNC[C@@H](O)[C@H](Cc2cc(F)cc(F)c2)NS(=O)(=O)c2ccc(C(=O)O)cc2)c1. The summed E-state index contributed by atoms with van der Waals surface area (Å²) >= 11 is 0. The van der Waals surface area contributed by atoms with Crippen LogP contribution in [0.3, 0.4) is 0 Å². The van der Waals surface area contributed by atoms with Gasteiger partial charge in [0.05, 0.1) is 22.6 Å². The van der Waals surface area contributed by atoms with Gasteiger partial charge >= 0.3 is 5.97 Å². The first-order valence-corrected chi connectivity index (χ1v) is 12.8. The molecule has 0 saturated carbocycles. The highest BCUT2D eigenvalue weighted by molar-refractivity contribution is 7.89. The number of aliphatic hydroxyl groups is 1. The first-order chi connectivity index (χ1) is 17.1. The Bertz CT molecular complexity index is 1280. The molecular weight excluding hydrogens is 490 g/mol. The summed E-state index contributed by atoms with van der Waals surface area (Å²) in [6.07, 6.45) is -0.563. The van der Waals surface area contributed by atoms with Crippen molar-refractivity contribution in [3.8, 4) is 0 Å². The molecular formula is C26H28F2N2O5S. The quantitative estimate of drug-likeness (QED) is 0.293. The van der Waals surface area contributed by atoms with Gasteiger partial charge in [0.1, 0.15) is 11.6 Å². The Morgan fingerprint density at radius 2 is 1.58 bits per heavy atom. The molecule has 7 nitrogen and oxygen atoms in total. The molecule has 0 aliphatic carbocycles. The summed E-state index contributed by atoms with van der Waals surface area (Å²) in [5.74, 6) is -2.84. The van der Waals surface area contributed by atoms with Crippen LogP contribution in [-0.2, 0) is 29.4 Å². The second kappa shape index (κ2) is 12.2. The van der Waals surface area contributed by atoms with Crippen LogP contribution in [0.2, 0.25) is 0 Å². The van der Waals surface area contributed by atoms with Crippen LogP contribution in [0.1, 0.15) is 34.0 Å². The summed E-state index contributed by atoms with van der Waals surface area (Å²) in [7, 11) is -4.19. The normalized spacial score (nSPS) is 13.3. The number of aliphatic hydroxyl groups excluding tert-OH is 1. The molecule has 2 atom stereocenters. The fraction of sp³-hybridized carbons (Fsp3) is 0.269. The van der Waals surface area contributed by atoms with Crippen LogP contribution in [0.5, 0.6) is 0 Å². The highest BCUT2D eigenvalue weighted by Gasteiger charge is 2.27. The van der Waals surface area contributed by atoms with Gasteiger partial charge in [-0.1, -0.05) is 31.2 Å². The summed E-state index contributed by atoms with van der Waals surface area (Å²) in [6.45, 7) is 2.46. The van der Waals surface area contributed by atoms with E-state index in [9.17, 15) is 27.1 Å².